The fraction of sp³-hybridized carbons (Fsp3) is 0.333. The van der Waals surface area contributed by atoms with Crippen molar-refractivity contribution in [3.63, 3.8) is 0 Å². The molecule has 1 aromatic heterocycles. The summed E-state index contributed by atoms with van der Waals surface area (Å²) in [5.41, 5.74) is 6.46. The van der Waals surface area contributed by atoms with E-state index in [1.165, 1.54) is 4.90 Å². The van der Waals surface area contributed by atoms with Crippen molar-refractivity contribution in [3.8, 4) is 11.5 Å². The molecular weight excluding hydrogens is 314 g/mol. The minimum atomic E-state index is -0.653. The third kappa shape index (κ3) is 3.29. The molecule has 1 unspecified atom stereocenters. The van der Waals surface area contributed by atoms with Crippen LogP contribution >= 0.6 is 0 Å². The van der Waals surface area contributed by atoms with Crippen LogP contribution in [0.1, 0.15) is 12.7 Å². The summed E-state index contributed by atoms with van der Waals surface area (Å²) in [4.78, 5) is 28.4. The van der Waals surface area contributed by atoms with Gasteiger partial charge < -0.3 is 20.3 Å². The first-order valence-corrected chi connectivity index (χ1v) is 7.51. The van der Waals surface area contributed by atoms with Gasteiger partial charge in [0.05, 0.1) is 13.1 Å². The van der Waals surface area contributed by atoms with Crippen LogP contribution in [0.5, 0.6) is 0 Å². The number of cyclic esters (lactones) is 1. The molecule has 1 aromatic carbocycles. The fourth-order valence-corrected chi connectivity index (χ4v) is 2.35. The van der Waals surface area contributed by atoms with Crippen molar-refractivity contribution >= 4 is 17.8 Å². The standard InChI is InChI=1S/C15H17N5O4/c1-2-12-18-13(24-19-12)9-3-5-10(6-4-9)20-8-11(23-15(20)22)7-17-14(16)21/h3-6,11H,2,7-8H2,1H3,(H3,16,17,21). The Labute approximate surface area is 137 Å². The van der Waals surface area contributed by atoms with Gasteiger partial charge in [-0.3, -0.25) is 4.90 Å². The minimum absolute atomic E-state index is 0.178. The molecule has 0 bridgehead atoms. The first-order chi connectivity index (χ1) is 11.6. The number of primary amides is 1. The molecule has 1 aliphatic heterocycles. The van der Waals surface area contributed by atoms with Crippen LogP contribution in [-0.2, 0) is 11.2 Å². The maximum atomic E-state index is 11.9. The number of nitrogens with one attached hydrogen (secondary N) is 1. The summed E-state index contributed by atoms with van der Waals surface area (Å²) in [7, 11) is 0. The van der Waals surface area contributed by atoms with Gasteiger partial charge in [-0.05, 0) is 24.3 Å². The Hall–Kier alpha value is -3.10. The first kappa shape index (κ1) is 15.8. The summed E-state index contributed by atoms with van der Waals surface area (Å²) >= 11 is 0. The zero-order valence-corrected chi connectivity index (χ0v) is 13.1. The van der Waals surface area contributed by atoms with E-state index < -0.39 is 18.2 Å². The van der Waals surface area contributed by atoms with Crippen LogP contribution in [0.25, 0.3) is 11.5 Å². The molecule has 126 valence electrons. The van der Waals surface area contributed by atoms with Gasteiger partial charge in [0.2, 0.25) is 0 Å². The quantitative estimate of drug-likeness (QED) is 0.851. The number of benzene rings is 1. The molecule has 3 rings (SSSR count). The molecule has 0 spiro atoms. The van der Waals surface area contributed by atoms with Gasteiger partial charge in [0.25, 0.3) is 5.89 Å². The van der Waals surface area contributed by atoms with E-state index in [-0.39, 0.29) is 6.54 Å². The molecule has 0 aliphatic carbocycles. The van der Waals surface area contributed by atoms with Crippen LogP contribution in [0.2, 0.25) is 0 Å². The molecule has 1 saturated heterocycles. The summed E-state index contributed by atoms with van der Waals surface area (Å²) in [5.74, 6) is 1.08. The van der Waals surface area contributed by atoms with Crippen LogP contribution in [0.3, 0.4) is 0 Å². The Kier molecular flexibility index (Phi) is 4.32. The molecule has 3 N–H and O–H groups in total. The van der Waals surface area contributed by atoms with Gasteiger partial charge in [0.15, 0.2) is 5.82 Å². The first-order valence-electron chi connectivity index (χ1n) is 7.51. The maximum absolute atomic E-state index is 11.9. The second kappa shape index (κ2) is 6.57. The van der Waals surface area contributed by atoms with E-state index in [1.807, 2.05) is 6.92 Å². The molecule has 24 heavy (non-hydrogen) atoms. The molecule has 1 aliphatic rings. The van der Waals surface area contributed by atoms with Crippen molar-refractivity contribution in [2.75, 3.05) is 18.0 Å². The highest BCUT2D eigenvalue weighted by molar-refractivity contribution is 5.90. The van der Waals surface area contributed by atoms with E-state index >= 15 is 0 Å². The van der Waals surface area contributed by atoms with Gasteiger partial charge in [-0.2, -0.15) is 4.98 Å². The minimum Gasteiger partial charge on any atom is -0.442 e. The van der Waals surface area contributed by atoms with Gasteiger partial charge >= 0.3 is 12.1 Å². The summed E-state index contributed by atoms with van der Waals surface area (Å²) in [6.07, 6.45) is -0.208. The van der Waals surface area contributed by atoms with Crippen LogP contribution < -0.4 is 16.0 Å². The summed E-state index contributed by atoms with van der Waals surface area (Å²) in [5, 5.41) is 6.28. The molecule has 1 atom stereocenters. The molecule has 2 aromatic rings. The number of aryl methyl sites for hydroxylation is 1. The highest BCUT2D eigenvalue weighted by Gasteiger charge is 2.32. The van der Waals surface area contributed by atoms with Gasteiger partial charge in [-0.15, -0.1) is 0 Å². The number of nitrogens with two attached hydrogens (primary N) is 1. The zero-order chi connectivity index (χ0) is 17.1. The zero-order valence-electron chi connectivity index (χ0n) is 13.1. The molecule has 2 heterocycles. The highest BCUT2D eigenvalue weighted by Crippen LogP contribution is 2.25. The Morgan fingerprint density at radius 2 is 2.17 bits per heavy atom. The molecule has 1 fully saturated rings. The second-order valence-electron chi connectivity index (χ2n) is 5.28. The van der Waals surface area contributed by atoms with Gasteiger partial charge in [0.1, 0.15) is 6.10 Å². The van der Waals surface area contributed by atoms with Crippen molar-refractivity contribution in [2.45, 2.75) is 19.4 Å². The van der Waals surface area contributed by atoms with Crippen LogP contribution in [0.15, 0.2) is 28.8 Å². The van der Waals surface area contributed by atoms with Crippen molar-refractivity contribution in [2.24, 2.45) is 5.73 Å². The van der Waals surface area contributed by atoms with E-state index in [4.69, 9.17) is 15.0 Å². The van der Waals surface area contributed by atoms with Crippen LogP contribution in [-0.4, -0.2) is 41.5 Å². The Balaban J connectivity index is 1.69. The molecule has 9 nitrogen and oxygen atoms in total. The maximum Gasteiger partial charge on any atom is 0.414 e. The van der Waals surface area contributed by atoms with Crippen LogP contribution in [0.4, 0.5) is 15.3 Å². The van der Waals surface area contributed by atoms with Crippen LogP contribution in [0, 0.1) is 0 Å². The predicted molar refractivity (Wildman–Crippen MR) is 84.3 cm³/mol. The number of aromatic nitrogens is 2. The molecule has 3 amide bonds. The summed E-state index contributed by atoms with van der Waals surface area (Å²) < 4.78 is 10.4. The number of hydrogen-bond donors (Lipinski definition) is 2. The lowest BCUT2D eigenvalue weighted by molar-refractivity contribution is 0.141. The summed E-state index contributed by atoms with van der Waals surface area (Å²) in [6.45, 7) is 2.46. The Morgan fingerprint density at radius 3 is 2.79 bits per heavy atom. The third-order valence-corrected chi connectivity index (χ3v) is 3.59. The number of rotatable bonds is 5. The number of carbonyl (C=O) groups is 2. The Bertz CT molecular complexity index is 743. The van der Waals surface area contributed by atoms with E-state index in [2.05, 4.69) is 15.5 Å². The predicted octanol–water partition coefficient (Wildman–Crippen LogP) is 1.29. The van der Waals surface area contributed by atoms with Crippen molar-refractivity contribution in [3.05, 3.63) is 30.1 Å². The molecular formula is C15H17N5O4. The number of carbonyl (C=O) groups excluding carboxylic acids is 2. The average Bonchev–Trinajstić information content (AvgIpc) is 3.19. The lowest BCUT2D eigenvalue weighted by Crippen LogP contribution is -2.37. The number of urea groups is 1. The summed E-state index contributed by atoms with van der Waals surface area (Å²) in [6, 6.07) is 6.49. The largest absolute Gasteiger partial charge is 0.442 e. The topological polar surface area (TPSA) is 124 Å². The number of amides is 3. The van der Waals surface area contributed by atoms with Crippen molar-refractivity contribution in [1.82, 2.24) is 15.5 Å². The lowest BCUT2D eigenvalue weighted by Gasteiger charge is -2.13. The average molecular weight is 331 g/mol. The molecule has 0 saturated carbocycles. The number of nitrogens with zero attached hydrogens (tertiary/aromatic N) is 3. The third-order valence-electron chi connectivity index (χ3n) is 3.59. The van der Waals surface area contributed by atoms with E-state index in [9.17, 15) is 9.59 Å². The van der Waals surface area contributed by atoms with Gasteiger partial charge in [-0.25, -0.2) is 9.59 Å². The SMILES string of the molecule is CCc1noc(-c2ccc(N3CC(CNC(N)=O)OC3=O)cc2)n1. The normalized spacial score (nSPS) is 17.0. The Morgan fingerprint density at radius 1 is 1.42 bits per heavy atom. The van der Waals surface area contributed by atoms with Crippen molar-refractivity contribution < 1.29 is 18.8 Å². The van der Waals surface area contributed by atoms with E-state index in [0.29, 0.717) is 30.4 Å². The monoisotopic (exact) mass is 331 g/mol. The number of hydrogen-bond acceptors (Lipinski definition) is 6. The smallest absolute Gasteiger partial charge is 0.414 e. The van der Waals surface area contributed by atoms with Crippen molar-refractivity contribution in [1.29, 1.82) is 0 Å². The molecule has 9 heteroatoms. The highest BCUT2D eigenvalue weighted by atomic mass is 16.6. The van der Waals surface area contributed by atoms with E-state index in [0.717, 1.165) is 5.56 Å². The second-order valence-corrected chi connectivity index (χ2v) is 5.28. The van der Waals surface area contributed by atoms with Gasteiger partial charge in [0, 0.05) is 17.7 Å². The molecule has 0 radical (unpaired) electrons. The van der Waals surface area contributed by atoms with Gasteiger partial charge in [-0.1, -0.05) is 12.1 Å². The van der Waals surface area contributed by atoms with E-state index in [1.54, 1.807) is 24.3 Å². The fourth-order valence-electron chi connectivity index (χ4n) is 2.35. The number of anilines is 1. The lowest BCUT2D eigenvalue weighted by atomic mass is 10.2. The number of ether oxygens (including phenoxy) is 1.